The van der Waals surface area contributed by atoms with Gasteiger partial charge in [0, 0.05) is 23.8 Å². The highest BCUT2D eigenvalue weighted by molar-refractivity contribution is 7.95. The lowest BCUT2D eigenvalue weighted by Gasteiger charge is -2.20. The van der Waals surface area contributed by atoms with Gasteiger partial charge in [-0.15, -0.1) is 0 Å². The quantitative estimate of drug-likeness (QED) is 0.787. The van der Waals surface area contributed by atoms with Gasteiger partial charge in [-0.1, -0.05) is 25.1 Å². The van der Waals surface area contributed by atoms with Crippen LogP contribution in [0.4, 0.5) is 0 Å². The maximum absolute atomic E-state index is 12.9. The molecule has 2 atom stereocenters. The van der Waals surface area contributed by atoms with Gasteiger partial charge in [0.15, 0.2) is 19.7 Å². The molecule has 0 aromatic heterocycles. The fourth-order valence-corrected chi connectivity index (χ4v) is 6.17. The molecule has 26 heavy (non-hydrogen) atoms. The summed E-state index contributed by atoms with van der Waals surface area (Å²) in [7, 11) is -7.23. The van der Waals surface area contributed by atoms with Crippen LogP contribution in [0.25, 0.3) is 0 Å². The number of aromatic hydroxyl groups is 1. The number of benzene rings is 1. The summed E-state index contributed by atoms with van der Waals surface area (Å²) in [6, 6.07) is 4.44. The summed E-state index contributed by atoms with van der Waals surface area (Å²) in [5.41, 5.74) is 0.738. The lowest BCUT2D eigenvalue weighted by Crippen LogP contribution is -2.24. The van der Waals surface area contributed by atoms with Crippen molar-refractivity contribution in [2.24, 2.45) is 0 Å². The fourth-order valence-electron chi connectivity index (χ4n) is 3.39. The van der Waals surface area contributed by atoms with E-state index in [0.29, 0.717) is 0 Å². The van der Waals surface area contributed by atoms with E-state index in [-0.39, 0.29) is 33.6 Å². The van der Waals surface area contributed by atoms with E-state index < -0.39 is 24.9 Å². The van der Waals surface area contributed by atoms with Gasteiger partial charge in [-0.2, -0.15) is 0 Å². The first-order valence-corrected chi connectivity index (χ1v) is 11.8. The second-order valence-electron chi connectivity index (χ2n) is 6.62. The second kappa shape index (κ2) is 7.17. The van der Waals surface area contributed by atoms with E-state index >= 15 is 0 Å². The maximum Gasteiger partial charge on any atom is 0.185 e. The van der Waals surface area contributed by atoms with E-state index in [9.17, 15) is 21.9 Å². The van der Waals surface area contributed by atoms with E-state index in [1.54, 1.807) is 6.07 Å². The van der Waals surface area contributed by atoms with Crippen molar-refractivity contribution in [2.75, 3.05) is 18.8 Å². The molecule has 142 valence electrons. The third-order valence-electron chi connectivity index (χ3n) is 5.02. The Labute approximate surface area is 154 Å². The average molecular weight is 398 g/mol. The molecule has 1 aliphatic heterocycles. The molecule has 0 saturated carbocycles. The summed E-state index contributed by atoms with van der Waals surface area (Å²) >= 11 is 0. The van der Waals surface area contributed by atoms with E-state index in [0.717, 1.165) is 25.1 Å². The van der Waals surface area contributed by atoms with E-state index in [2.05, 4.69) is 5.32 Å². The topological polar surface area (TPSA) is 101 Å². The smallest absolute Gasteiger partial charge is 0.185 e. The van der Waals surface area contributed by atoms with Crippen LogP contribution in [0.5, 0.6) is 5.75 Å². The van der Waals surface area contributed by atoms with Gasteiger partial charge in [-0.3, -0.25) is 0 Å². The normalized spacial score (nSPS) is 23.8. The molecule has 0 spiro atoms. The fraction of sp³-hybridized carbons (Fsp3) is 0.444. The molecule has 0 radical (unpaired) electrons. The van der Waals surface area contributed by atoms with Crippen molar-refractivity contribution in [3.8, 4) is 5.75 Å². The van der Waals surface area contributed by atoms with Gasteiger partial charge < -0.3 is 10.4 Å². The van der Waals surface area contributed by atoms with Gasteiger partial charge in [0.1, 0.15) is 5.75 Å². The molecule has 1 aliphatic carbocycles. The summed E-state index contributed by atoms with van der Waals surface area (Å²) in [5.74, 6) is 0.0757. The van der Waals surface area contributed by atoms with Crippen LogP contribution >= 0.6 is 0 Å². The first kappa shape index (κ1) is 19.1. The van der Waals surface area contributed by atoms with Crippen LogP contribution in [0.1, 0.15) is 31.2 Å². The molecular formula is C18H23NO5S2. The first-order valence-electron chi connectivity index (χ1n) is 8.63. The minimum Gasteiger partial charge on any atom is -0.508 e. The van der Waals surface area contributed by atoms with Crippen molar-refractivity contribution in [3.05, 3.63) is 46.9 Å². The molecule has 6 nitrogen and oxygen atoms in total. The maximum atomic E-state index is 12.9. The Morgan fingerprint density at radius 1 is 1.23 bits per heavy atom. The monoisotopic (exact) mass is 397 g/mol. The number of phenols is 1. The molecular weight excluding hydrogens is 374 g/mol. The molecule has 8 heteroatoms. The Balaban J connectivity index is 1.88. The Hall–Kier alpha value is -1.64. The predicted octanol–water partition coefficient (Wildman–Crippen LogP) is 1.89. The molecule has 3 rings (SSSR count). The van der Waals surface area contributed by atoms with Crippen molar-refractivity contribution >= 4 is 19.7 Å². The SMILES string of the molecule is CCS(=O)(=O)C1=CC=CC(S(=O)(=O)c2ccc(C3CCNC3)c(O)c2)C1. The van der Waals surface area contributed by atoms with Crippen LogP contribution in [-0.4, -0.2) is 46.0 Å². The summed E-state index contributed by atoms with van der Waals surface area (Å²) < 4.78 is 50.0. The number of nitrogens with one attached hydrogen (secondary N) is 1. The van der Waals surface area contributed by atoms with Gasteiger partial charge in [0.05, 0.1) is 15.9 Å². The molecule has 2 N–H and O–H groups in total. The zero-order chi connectivity index (χ0) is 18.9. The third kappa shape index (κ3) is 3.58. The highest BCUT2D eigenvalue weighted by Crippen LogP contribution is 2.34. The largest absolute Gasteiger partial charge is 0.508 e. The van der Waals surface area contributed by atoms with Gasteiger partial charge in [0.2, 0.25) is 0 Å². The van der Waals surface area contributed by atoms with Crippen LogP contribution in [0.15, 0.2) is 46.2 Å². The number of hydrogen-bond acceptors (Lipinski definition) is 6. The Morgan fingerprint density at radius 2 is 2.00 bits per heavy atom. The molecule has 1 fully saturated rings. The van der Waals surface area contributed by atoms with Gasteiger partial charge in [-0.25, -0.2) is 16.8 Å². The van der Waals surface area contributed by atoms with Gasteiger partial charge >= 0.3 is 0 Å². The number of allylic oxidation sites excluding steroid dienone is 3. The number of rotatable bonds is 5. The first-order chi connectivity index (χ1) is 12.3. The molecule has 1 heterocycles. The van der Waals surface area contributed by atoms with E-state index in [1.807, 2.05) is 0 Å². The summed E-state index contributed by atoms with van der Waals surface area (Å²) in [5, 5.41) is 12.6. The molecule has 2 aliphatic rings. The predicted molar refractivity (Wildman–Crippen MR) is 101 cm³/mol. The molecule has 2 unspecified atom stereocenters. The minimum absolute atomic E-state index is 0.00880. The second-order valence-corrected chi connectivity index (χ2v) is 11.1. The van der Waals surface area contributed by atoms with Crippen LogP contribution in [0.3, 0.4) is 0 Å². The summed E-state index contributed by atoms with van der Waals surface area (Å²) in [6.45, 7) is 3.17. The number of hydrogen-bond donors (Lipinski definition) is 2. The van der Waals surface area contributed by atoms with Crippen molar-refractivity contribution in [1.29, 1.82) is 0 Å². The molecule has 0 bridgehead atoms. The molecule has 1 saturated heterocycles. The highest BCUT2D eigenvalue weighted by atomic mass is 32.2. The van der Waals surface area contributed by atoms with Crippen molar-refractivity contribution in [3.63, 3.8) is 0 Å². The Bertz CT molecular complexity index is 955. The lowest BCUT2D eigenvalue weighted by atomic mass is 9.98. The summed E-state index contributed by atoms with van der Waals surface area (Å²) in [6.07, 6.45) is 5.25. The average Bonchev–Trinajstić information content (AvgIpc) is 3.16. The standard InChI is InChI=1S/C18H23NO5S2/c1-2-25(21,22)14-4-3-5-15(10-14)26(23,24)16-6-7-17(18(20)11-16)13-8-9-19-12-13/h3-7,11,13,15,19-20H,2,8-10,12H2,1H3. The molecule has 1 aromatic carbocycles. The minimum atomic E-state index is -3.79. The third-order valence-corrected chi connectivity index (χ3v) is 8.91. The summed E-state index contributed by atoms with van der Waals surface area (Å²) in [4.78, 5) is 0.142. The number of phenolic OH excluding ortho intramolecular Hbond substituents is 1. The zero-order valence-corrected chi connectivity index (χ0v) is 16.2. The van der Waals surface area contributed by atoms with E-state index in [1.165, 1.54) is 37.3 Å². The van der Waals surface area contributed by atoms with Crippen LogP contribution in [-0.2, 0) is 19.7 Å². The zero-order valence-electron chi connectivity index (χ0n) is 14.6. The van der Waals surface area contributed by atoms with E-state index in [4.69, 9.17) is 0 Å². The van der Waals surface area contributed by atoms with Crippen molar-refractivity contribution < 1.29 is 21.9 Å². The molecule has 1 aromatic rings. The van der Waals surface area contributed by atoms with Crippen LogP contribution < -0.4 is 5.32 Å². The Kier molecular flexibility index (Phi) is 5.28. The van der Waals surface area contributed by atoms with Gasteiger partial charge in [0.25, 0.3) is 0 Å². The van der Waals surface area contributed by atoms with Gasteiger partial charge in [-0.05, 0) is 36.7 Å². The molecule has 0 amide bonds. The Morgan fingerprint density at radius 3 is 2.62 bits per heavy atom. The van der Waals surface area contributed by atoms with Crippen molar-refractivity contribution in [1.82, 2.24) is 5.32 Å². The number of sulfone groups is 2. The van der Waals surface area contributed by atoms with Crippen LogP contribution in [0.2, 0.25) is 0 Å². The van der Waals surface area contributed by atoms with Crippen LogP contribution in [0, 0.1) is 0 Å². The lowest BCUT2D eigenvalue weighted by molar-refractivity contribution is 0.460. The van der Waals surface area contributed by atoms with Crippen molar-refractivity contribution in [2.45, 2.75) is 35.8 Å². The highest BCUT2D eigenvalue weighted by Gasteiger charge is 2.32.